The average molecular weight is 457 g/mol. The minimum atomic E-state index is -1.01. The summed E-state index contributed by atoms with van der Waals surface area (Å²) in [5, 5.41) is 12.6. The molecule has 2 aromatic heterocycles. The van der Waals surface area contributed by atoms with Crippen molar-refractivity contribution in [3.05, 3.63) is 17.3 Å². The fraction of sp³-hybridized carbons (Fsp3) is 0.591. The van der Waals surface area contributed by atoms with Crippen LogP contribution < -0.4 is 15.1 Å². The van der Waals surface area contributed by atoms with E-state index in [1.54, 1.807) is 11.1 Å². The number of carboxylic acids is 1. The zero-order valence-corrected chi connectivity index (χ0v) is 19.0. The van der Waals surface area contributed by atoms with Crippen molar-refractivity contribution in [1.29, 1.82) is 0 Å². The first-order chi connectivity index (χ1) is 15.5. The Kier molecular flexibility index (Phi) is 5.71. The summed E-state index contributed by atoms with van der Waals surface area (Å²) in [5.41, 5.74) is 0.723. The van der Waals surface area contributed by atoms with Gasteiger partial charge in [0.2, 0.25) is 11.9 Å². The lowest BCUT2D eigenvalue weighted by molar-refractivity contribution is -0.120. The number of likely N-dealkylation sites (N-methyl/N-ethyl adjacent to an activating group) is 1. The van der Waals surface area contributed by atoms with Crippen molar-refractivity contribution in [2.75, 3.05) is 22.2 Å². The second kappa shape index (κ2) is 8.65. The smallest absolute Gasteiger partial charge is 0.347 e. The van der Waals surface area contributed by atoms with E-state index in [2.05, 4.69) is 20.2 Å². The Morgan fingerprint density at radius 1 is 1.16 bits per heavy atom. The molecule has 0 spiro atoms. The van der Waals surface area contributed by atoms with Gasteiger partial charge in [-0.1, -0.05) is 49.9 Å². The van der Waals surface area contributed by atoms with Crippen molar-refractivity contribution in [1.82, 2.24) is 15.0 Å². The molecule has 3 heterocycles. The van der Waals surface area contributed by atoms with Crippen LogP contribution in [0.5, 0.6) is 0 Å². The second-order valence-electron chi connectivity index (χ2n) is 9.01. The number of amides is 1. The number of hydrogen-bond acceptors (Lipinski definition) is 8. The van der Waals surface area contributed by atoms with Crippen molar-refractivity contribution in [3.63, 3.8) is 0 Å². The largest absolute Gasteiger partial charge is 0.477 e. The van der Waals surface area contributed by atoms with Gasteiger partial charge in [-0.15, -0.1) is 0 Å². The molecule has 2 saturated carbocycles. The van der Waals surface area contributed by atoms with Crippen LogP contribution in [0.25, 0.3) is 0 Å². The molecule has 2 aliphatic carbocycles. The quantitative estimate of drug-likeness (QED) is 0.670. The third kappa shape index (κ3) is 3.92. The second-order valence-corrected chi connectivity index (χ2v) is 10.0. The lowest BCUT2D eigenvalue weighted by Crippen LogP contribution is -2.56. The Hall–Kier alpha value is -2.75. The van der Waals surface area contributed by atoms with E-state index in [1.807, 2.05) is 7.05 Å². The highest BCUT2D eigenvalue weighted by Gasteiger charge is 2.43. The molecule has 10 heteroatoms. The summed E-state index contributed by atoms with van der Waals surface area (Å²) in [4.78, 5) is 42.1. The standard InChI is InChI=1S/C22H28N6O3S/c1-27-16-11-23-21(26-22-24-12-17(32-22)20(30)31)25-18(16)28(14-8-4-5-9-14)15(19(27)29)10-13-6-2-3-7-13/h11-15H,2-10H2,1H3,(H,30,31)(H,23,24,25,26)/t15-/m1/s1. The molecule has 1 aliphatic heterocycles. The van der Waals surface area contributed by atoms with E-state index in [0.29, 0.717) is 23.0 Å². The Morgan fingerprint density at radius 3 is 2.56 bits per heavy atom. The molecule has 0 unspecified atom stereocenters. The van der Waals surface area contributed by atoms with E-state index < -0.39 is 5.97 Å². The van der Waals surface area contributed by atoms with E-state index in [4.69, 9.17) is 10.1 Å². The highest BCUT2D eigenvalue weighted by atomic mass is 32.1. The van der Waals surface area contributed by atoms with Gasteiger partial charge in [0.05, 0.1) is 12.4 Å². The monoisotopic (exact) mass is 456 g/mol. The molecule has 170 valence electrons. The molecule has 32 heavy (non-hydrogen) atoms. The predicted octanol–water partition coefficient (Wildman–Crippen LogP) is 4.05. The molecule has 2 fully saturated rings. The Bertz CT molecular complexity index is 1010. The van der Waals surface area contributed by atoms with Crippen LogP contribution in [0.3, 0.4) is 0 Å². The molecule has 0 radical (unpaired) electrons. The molecule has 9 nitrogen and oxygen atoms in total. The lowest BCUT2D eigenvalue weighted by atomic mass is 9.93. The van der Waals surface area contributed by atoms with Crippen LogP contribution in [0, 0.1) is 5.92 Å². The van der Waals surface area contributed by atoms with Crippen molar-refractivity contribution < 1.29 is 14.7 Å². The maximum atomic E-state index is 13.4. The SMILES string of the molecule is CN1C(=O)[C@@H](CC2CCCC2)N(C2CCCC2)c2nc(Nc3ncc(C(=O)O)s3)ncc21. The first-order valence-corrected chi connectivity index (χ1v) is 12.2. The summed E-state index contributed by atoms with van der Waals surface area (Å²) >= 11 is 1.04. The normalized spacial score (nSPS) is 21.9. The highest BCUT2D eigenvalue weighted by molar-refractivity contribution is 7.17. The number of aromatic carboxylic acids is 1. The van der Waals surface area contributed by atoms with Gasteiger partial charge in [0.25, 0.3) is 0 Å². The van der Waals surface area contributed by atoms with Crippen LogP contribution in [-0.2, 0) is 4.79 Å². The predicted molar refractivity (Wildman–Crippen MR) is 123 cm³/mol. The van der Waals surface area contributed by atoms with Crippen molar-refractivity contribution in [2.45, 2.75) is 69.9 Å². The molecular weight excluding hydrogens is 428 g/mol. The maximum Gasteiger partial charge on any atom is 0.347 e. The summed E-state index contributed by atoms with van der Waals surface area (Å²) in [7, 11) is 1.81. The average Bonchev–Trinajstić information content (AvgIpc) is 3.55. The highest BCUT2D eigenvalue weighted by Crippen LogP contribution is 2.42. The number of thiazole rings is 1. The summed E-state index contributed by atoms with van der Waals surface area (Å²) in [5.74, 6) is 0.859. The zero-order valence-electron chi connectivity index (χ0n) is 18.2. The molecule has 1 atom stereocenters. The van der Waals surface area contributed by atoms with Gasteiger partial charge in [0.15, 0.2) is 10.9 Å². The van der Waals surface area contributed by atoms with Crippen molar-refractivity contribution in [2.24, 2.45) is 5.92 Å². The van der Waals surface area contributed by atoms with Crippen molar-refractivity contribution >= 4 is 45.8 Å². The van der Waals surface area contributed by atoms with Crippen LogP contribution in [-0.4, -0.2) is 51.1 Å². The topological polar surface area (TPSA) is 112 Å². The van der Waals surface area contributed by atoms with Crippen LogP contribution >= 0.6 is 11.3 Å². The van der Waals surface area contributed by atoms with E-state index in [1.165, 1.54) is 44.7 Å². The van der Waals surface area contributed by atoms with Gasteiger partial charge in [0, 0.05) is 13.1 Å². The number of nitrogens with zero attached hydrogens (tertiary/aromatic N) is 5. The van der Waals surface area contributed by atoms with Gasteiger partial charge in [-0.2, -0.15) is 4.98 Å². The van der Waals surface area contributed by atoms with E-state index in [9.17, 15) is 9.59 Å². The first-order valence-electron chi connectivity index (χ1n) is 11.4. The van der Waals surface area contributed by atoms with Crippen molar-refractivity contribution in [3.8, 4) is 0 Å². The number of anilines is 4. The van der Waals surface area contributed by atoms with E-state index in [-0.39, 0.29) is 16.8 Å². The summed E-state index contributed by atoms with van der Waals surface area (Å²) in [6, 6.07) is 0.110. The number of carboxylic acid groups (broad SMARTS) is 1. The maximum absolute atomic E-state index is 13.4. The number of hydrogen-bond donors (Lipinski definition) is 2. The first kappa shape index (κ1) is 21.1. The fourth-order valence-electron chi connectivity index (χ4n) is 5.37. The van der Waals surface area contributed by atoms with Gasteiger partial charge in [-0.25, -0.2) is 14.8 Å². The minimum Gasteiger partial charge on any atom is -0.477 e. The molecule has 1 amide bonds. The van der Waals surface area contributed by atoms with Gasteiger partial charge >= 0.3 is 5.97 Å². The molecule has 2 N–H and O–H groups in total. The van der Waals surface area contributed by atoms with E-state index >= 15 is 0 Å². The number of nitrogens with one attached hydrogen (secondary N) is 1. The Labute approximate surface area is 190 Å². The molecule has 3 aliphatic rings. The van der Waals surface area contributed by atoms with Gasteiger partial charge in [-0.05, 0) is 25.2 Å². The molecule has 2 aromatic rings. The fourth-order valence-corrected chi connectivity index (χ4v) is 6.02. The third-order valence-corrected chi connectivity index (χ3v) is 7.89. The molecular formula is C22H28N6O3S. The lowest BCUT2D eigenvalue weighted by Gasteiger charge is -2.44. The molecule has 0 bridgehead atoms. The van der Waals surface area contributed by atoms with Crippen LogP contribution in [0.15, 0.2) is 12.4 Å². The number of carbonyl (C=O) groups is 2. The number of aromatic nitrogens is 3. The Morgan fingerprint density at radius 2 is 1.88 bits per heavy atom. The zero-order chi connectivity index (χ0) is 22.2. The molecule has 0 aromatic carbocycles. The molecule has 5 rings (SSSR count). The molecule has 0 saturated heterocycles. The van der Waals surface area contributed by atoms with Gasteiger partial charge in [-0.3, -0.25) is 10.1 Å². The van der Waals surface area contributed by atoms with Crippen LogP contribution in [0.4, 0.5) is 22.6 Å². The van der Waals surface area contributed by atoms with E-state index in [0.717, 1.165) is 42.1 Å². The van der Waals surface area contributed by atoms with Gasteiger partial charge in [0.1, 0.15) is 16.6 Å². The van der Waals surface area contributed by atoms with Gasteiger partial charge < -0.3 is 14.9 Å². The third-order valence-electron chi connectivity index (χ3n) is 6.99. The van der Waals surface area contributed by atoms with Crippen LogP contribution in [0.1, 0.15) is 67.5 Å². The summed E-state index contributed by atoms with van der Waals surface area (Å²) in [6.45, 7) is 0. The number of carbonyl (C=O) groups excluding carboxylic acids is 1. The summed E-state index contributed by atoms with van der Waals surface area (Å²) < 4.78 is 0. The summed E-state index contributed by atoms with van der Waals surface area (Å²) in [6.07, 6.45) is 13.3. The number of rotatable bonds is 6. The number of fused-ring (bicyclic) bond motifs is 1. The Balaban J connectivity index is 1.49. The minimum absolute atomic E-state index is 0.131. The van der Waals surface area contributed by atoms with Crippen LogP contribution in [0.2, 0.25) is 0 Å².